The molecule has 0 bridgehead atoms. The summed E-state index contributed by atoms with van der Waals surface area (Å²) in [5.74, 6) is 0.626. The van der Waals surface area contributed by atoms with Crippen LogP contribution in [0.1, 0.15) is 65.4 Å². The zero-order valence-electron chi connectivity index (χ0n) is 17.5. The van der Waals surface area contributed by atoms with Crippen molar-refractivity contribution < 1.29 is 19.2 Å². The lowest BCUT2D eigenvalue weighted by atomic mass is 9.81. The molecule has 0 aliphatic heterocycles. The van der Waals surface area contributed by atoms with Gasteiger partial charge in [-0.3, -0.25) is 14.6 Å². The minimum Gasteiger partial charge on any atom is -0.511 e. The smallest absolute Gasteiger partial charge is 0.168 e. The van der Waals surface area contributed by atoms with Crippen LogP contribution in [-0.2, 0) is 17.6 Å². The molecule has 1 fully saturated rings. The molecule has 1 unspecified atom stereocenters. The third kappa shape index (κ3) is 4.43. The van der Waals surface area contributed by atoms with Gasteiger partial charge in [-0.25, -0.2) is 0 Å². The largest absolute Gasteiger partial charge is 0.511 e. The van der Waals surface area contributed by atoms with E-state index in [1.807, 2.05) is 30.3 Å². The number of ketones is 2. The summed E-state index contributed by atoms with van der Waals surface area (Å²) in [5.41, 5.74) is 3.16. The average molecular weight is 418 g/mol. The number of allylic oxidation sites excluding steroid dienone is 2. The number of aryl methyl sites for hydroxylation is 1. The van der Waals surface area contributed by atoms with Crippen LogP contribution in [-0.4, -0.2) is 34.1 Å². The summed E-state index contributed by atoms with van der Waals surface area (Å²) in [6.07, 6.45) is 5.05. The van der Waals surface area contributed by atoms with Crippen molar-refractivity contribution >= 4 is 17.3 Å². The second-order valence-electron chi connectivity index (χ2n) is 8.04. The minimum absolute atomic E-state index is 0.00897. The van der Waals surface area contributed by atoms with Crippen LogP contribution in [0.15, 0.2) is 63.8 Å². The molecule has 2 aliphatic rings. The third-order valence-corrected chi connectivity index (χ3v) is 5.93. The van der Waals surface area contributed by atoms with E-state index in [-0.39, 0.29) is 29.7 Å². The van der Waals surface area contributed by atoms with Crippen LogP contribution >= 0.6 is 0 Å². The van der Waals surface area contributed by atoms with Gasteiger partial charge in [0.1, 0.15) is 11.5 Å². The molecule has 2 aliphatic carbocycles. The number of carbonyl (C=O) groups is 2. The monoisotopic (exact) mass is 418 g/mol. The van der Waals surface area contributed by atoms with E-state index in [0.29, 0.717) is 67.0 Å². The number of nitrogens with zero attached hydrogens (tertiary/aromatic N) is 2. The van der Waals surface area contributed by atoms with Gasteiger partial charge in [-0.05, 0) is 24.3 Å². The number of aromatic nitrogens is 1. The highest BCUT2D eigenvalue weighted by Crippen LogP contribution is 2.35. The fourth-order valence-corrected chi connectivity index (χ4v) is 4.42. The summed E-state index contributed by atoms with van der Waals surface area (Å²) in [4.78, 5) is 29.7. The van der Waals surface area contributed by atoms with E-state index in [9.17, 15) is 14.7 Å². The van der Waals surface area contributed by atoms with E-state index in [1.165, 1.54) is 0 Å². The normalized spacial score (nSPS) is 21.8. The Morgan fingerprint density at radius 1 is 1.19 bits per heavy atom. The predicted octanol–water partition coefficient (Wildman–Crippen LogP) is 4.71. The summed E-state index contributed by atoms with van der Waals surface area (Å²) < 4.78 is 5.51. The summed E-state index contributed by atoms with van der Waals surface area (Å²) in [5, 5.41) is 14.8. The van der Waals surface area contributed by atoms with Crippen molar-refractivity contribution in [1.82, 2.24) is 5.16 Å². The number of aliphatic hydroxyl groups excluding tert-OH is 1. The molecule has 1 N–H and O–H groups in total. The first kappa shape index (κ1) is 21.0. The topological polar surface area (TPSA) is 92.8 Å². The number of hydrogen-bond acceptors (Lipinski definition) is 6. The molecular formula is C25H26N2O4. The van der Waals surface area contributed by atoms with Gasteiger partial charge in [0.2, 0.25) is 0 Å². The molecule has 4 rings (SSSR count). The Hall–Kier alpha value is -3.28. The van der Waals surface area contributed by atoms with Crippen molar-refractivity contribution in [2.75, 3.05) is 6.54 Å². The van der Waals surface area contributed by atoms with Crippen molar-refractivity contribution in [3.8, 4) is 0 Å². The highest BCUT2D eigenvalue weighted by atomic mass is 16.5. The highest BCUT2D eigenvalue weighted by molar-refractivity contribution is 6.24. The zero-order valence-corrected chi connectivity index (χ0v) is 17.5. The van der Waals surface area contributed by atoms with E-state index in [1.54, 1.807) is 6.08 Å². The van der Waals surface area contributed by atoms with E-state index >= 15 is 0 Å². The maximum atomic E-state index is 12.9. The van der Waals surface area contributed by atoms with Gasteiger partial charge < -0.3 is 9.63 Å². The lowest BCUT2D eigenvalue weighted by molar-refractivity contribution is -0.115. The van der Waals surface area contributed by atoms with Crippen LogP contribution < -0.4 is 0 Å². The van der Waals surface area contributed by atoms with Gasteiger partial charge in [0.15, 0.2) is 11.6 Å². The Bertz CT molecular complexity index is 1060. The molecule has 31 heavy (non-hydrogen) atoms. The van der Waals surface area contributed by atoms with Crippen molar-refractivity contribution in [2.45, 2.75) is 50.9 Å². The van der Waals surface area contributed by atoms with Crippen molar-refractivity contribution in [3.63, 3.8) is 0 Å². The lowest BCUT2D eigenvalue weighted by Gasteiger charge is -2.20. The molecule has 1 atom stereocenters. The van der Waals surface area contributed by atoms with E-state index < -0.39 is 0 Å². The number of aliphatic hydroxyl groups is 1. The second-order valence-corrected chi connectivity index (χ2v) is 8.04. The average Bonchev–Trinajstić information content (AvgIpc) is 3.20. The van der Waals surface area contributed by atoms with Gasteiger partial charge in [0, 0.05) is 37.8 Å². The summed E-state index contributed by atoms with van der Waals surface area (Å²) in [7, 11) is 0. The van der Waals surface area contributed by atoms with Gasteiger partial charge in [0.25, 0.3) is 0 Å². The van der Waals surface area contributed by atoms with Crippen LogP contribution in [0.5, 0.6) is 0 Å². The molecule has 6 nitrogen and oxygen atoms in total. The first-order valence-electron chi connectivity index (χ1n) is 10.7. The number of fused-ring (bicyclic) bond motifs is 1. The number of carbonyl (C=O) groups excluding carboxylic acids is 2. The third-order valence-electron chi connectivity index (χ3n) is 5.93. The molecule has 6 heteroatoms. The van der Waals surface area contributed by atoms with Crippen LogP contribution in [0, 0.1) is 0 Å². The van der Waals surface area contributed by atoms with Gasteiger partial charge in [-0.2, -0.15) is 0 Å². The Morgan fingerprint density at radius 2 is 2.00 bits per heavy atom. The minimum atomic E-state index is -0.0875. The molecular weight excluding hydrogens is 392 g/mol. The molecule has 0 amide bonds. The summed E-state index contributed by atoms with van der Waals surface area (Å²) >= 11 is 0. The zero-order chi connectivity index (χ0) is 21.8. The molecule has 1 aromatic carbocycles. The molecule has 1 aromatic heterocycles. The van der Waals surface area contributed by atoms with Gasteiger partial charge in [0.05, 0.1) is 23.4 Å². The molecule has 2 aromatic rings. The maximum Gasteiger partial charge on any atom is 0.168 e. The molecule has 1 saturated carbocycles. The van der Waals surface area contributed by atoms with E-state index in [2.05, 4.69) is 16.7 Å². The van der Waals surface area contributed by atoms with Crippen LogP contribution in [0.3, 0.4) is 0 Å². The summed E-state index contributed by atoms with van der Waals surface area (Å²) in [6.45, 7) is 4.07. The standard InChI is InChI=1S/C25H26N2O4/c1-2-13-26-18-9-6-10-20(28)24(18)21(29)12-11-19-25-22(30)14-17(15-23(25)31-27-19)16-7-4-3-5-8-16/h2-5,7-8,17,29H,1,6,9-15H2/b24-21+,26-18?. The Labute approximate surface area is 181 Å². The highest BCUT2D eigenvalue weighted by Gasteiger charge is 2.33. The number of rotatable bonds is 6. The fourth-order valence-electron chi connectivity index (χ4n) is 4.42. The van der Waals surface area contributed by atoms with Gasteiger partial charge in [-0.1, -0.05) is 41.6 Å². The first-order chi connectivity index (χ1) is 15.1. The van der Waals surface area contributed by atoms with Crippen molar-refractivity contribution in [3.05, 3.63) is 76.9 Å². The van der Waals surface area contributed by atoms with Gasteiger partial charge >= 0.3 is 0 Å². The Kier molecular flexibility index (Phi) is 6.26. The molecule has 160 valence electrons. The summed E-state index contributed by atoms with van der Waals surface area (Å²) in [6, 6.07) is 9.94. The van der Waals surface area contributed by atoms with Crippen molar-refractivity contribution in [2.24, 2.45) is 4.99 Å². The van der Waals surface area contributed by atoms with Gasteiger partial charge in [-0.15, -0.1) is 6.58 Å². The quantitative estimate of drug-likeness (QED) is 0.417. The molecule has 0 saturated heterocycles. The van der Waals surface area contributed by atoms with Crippen LogP contribution in [0.25, 0.3) is 0 Å². The number of benzene rings is 1. The SMILES string of the molecule is C=CCN=C1CCCC(=O)/C1=C(/O)CCc1noc2c1C(=O)CC(c1ccccc1)C2. The second kappa shape index (κ2) is 9.25. The first-order valence-corrected chi connectivity index (χ1v) is 10.7. The van der Waals surface area contributed by atoms with E-state index in [4.69, 9.17) is 4.52 Å². The van der Waals surface area contributed by atoms with Crippen LogP contribution in [0.4, 0.5) is 0 Å². The lowest BCUT2D eigenvalue weighted by Crippen LogP contribution is -2.22. The fraction of sp³-hybridized carbons (Fsp3) is 0.360. The predicted molar refractivity (Wildman–Crippen MR) is 118 cm³/mol. The van der Waals surface area contributed by atoms with Crippen LogP contribution in [0.2, 0.25) is 0 Å². The number of aliphatic imine (C=N–C) groups is 1. The Morgan fingerprint density at radius 3 is 2.77 bits per heavy atom. The molecule has 1 heterocycles. The molecule has 0 spiro atoms. The molecule has 0 radical (unpaired) electrons. The van der Waals surface area contributed by atoms with Crippen molar-refractivity contribution in [1.29, 1.82) is 0 Å². The number of Topliss-reactive ketones (excluding diaryl/α,β-unsaturated/α-hetero) is 2. The maximum absolute atomic E-state index is 12.9. The van der Waals surface area contributed by atoms with E-state index in [0.717, 1.165) is 12.0 Å². The Balaban J connectivity index is 1.52. The number of hydrogen-bond donors (Lipinski definition) is 1.